The van der Waals surface area contributed by atoms with Gasteiger partial charge in [-0.15, -0.1) is 0 Å². The van der Waals surface area contributed by atoms with Gasteiger partial charge in [0.05, 0.1) is 0 Å². The standard InChI is InChI=1S/C9H6Cl2N2S2/c10-7-3-1-6(2-4-7)5-14-9-12-8(11)15-13-9/h1-4H,5H2. The van der Waals surface area contributed by atoms with Gasteiger partial charge in [-0.2, -0.15) is 9.36 Å². The molecule has 0 atom stereocenters. The summed E-state index contributed by atoms with van der Waals surface area (Å²) < 4.78 is 4.56. The lowest BCUT2D eigenvalue weighted by molar-refractivity contribution is 1.08. The van der Waals surface area contributed by atoms with Crippen LogP contribution in [0, 0.1) is 0 Å². The monoisotopic (exact) mass is 276 g/mol. The zero-order valence-electron chi connectivity index (χ0n) is 7.48. The van der Waals surface area contributed by atoms with Gasteiger partial charge in [-0.25, -0.2) is 0 Å². The summed E-state index contributed by atoms with van der Waals surface area (Å²) >= 11 is 14.2. The number of benzene rings is 1. The van der Waals surface area contributed by atoms with Crippen molar-refractivity contribution in [1.82, 2.24) is 9.36 Å². The van der Waals surface area contributed by atoms with Gasteiger partial charge in [0.1, 0.15) is 0 Å². The van der Waals surface area contributed by atoms with E-state index in [1.807, 2.05) is 24.3 Å². The minimum atomic E-state index is 0.480. The number of nitrogens with zero attached hydrogens (tertiary/aromatic N) is 2. The Labute approximate surface area is 106 Å². The van der Waals surface area contributed by atoms with Gasteiger partial charge in [0.15, 0.2) is 0 Å². The summed E-state index contributed by atoms with van der Waals surface area (Å²) in [6, 6.07) is 7.73. The van der Waals surface area contributed by atoms with Gasteiger partial charge < -0.3 is 0 Å². The Morgan fingerprint density at radius 3 is 2.53 bits per heavy atom. The van der Waals surface area contributed by atoms with Crippen molar-refractivity contribution < 1.29 is 0 Å². The molecule has 0 spiro atoms. The van der Waals surface area contributed by atoms with E-state index in [0.29, 0.717) is 4.47 Å². The fourth-order valence-electron chi connectivity index (χ4n) is 0.980. The number of halogens is 2. The zero-order valence-corrected chi connectivity index (χ0v) is 10.6. The average Bonchev–Trinajstić information content (AvgIpc) is 2.64. The number of hydrogen-bond donors (Lipinski definition) is 0. The minimum Gasteiger partial charge on any atom is -0.198 e. The van der Waals surface area contributed by atoms with Crippen LogP contribution in [0.2, 0.25) is 9.49 Å². The van der Waals surface area contributed by atoms with Gasteiger partial charge in [0.2, 0.25) is 9.62 Å². The van der Waals surface area contributed by atoms with E-state index in [-0.39, 0.29) is 0 Å². The maximum absolute atomic E-state index is 5.78. The Kier molecular flexibility index (Phi) is 3.86. The second-order valence-corrected chi connectivity index (χ2v) is 5.46. The number of aromatic nitrogens is 2. The predicted octanol–water partition coefficient (Wildman–Crippen LogP) is 4.14. The Morgan fingerprint density at radius 1 is 1.20 bits per heavy atom. The molecule has 1 aromatic heterocycles. The highest BCUT2D eigenvalue weighted by Gasteiger charge is 2.02. The van der Waals surface area contributed by atoms with E-state index >= 15 is 0 Å². The average molecular weight is 277 g/mol. The first kappa shape index (κ1) is 11.2. The fraction of sp³-hybridized carbons (Fsp3) is 0.111. The van der Waals surface area contributed by atoms with Crippen LogP contribution in [-0.4, -0.2) is 9.36 Å². The molecule has 0 unspecified atom stereocenters. The molecule has 0 radical (unpaired) electrons. The Morgan fingerprint density at radius 2 is 1.93 bits per heavy atom. The van der Waals surface area contributed by atoms with Crippen LogP contribution in [0.4, 0.5) is 0 Å². The van der Waals surface area contributed by atoms with Gasteiger partial charge in [-0.1, -0.05) is 35.5 Å². The molecule has 2 rings (SSSR count). The largest absolute Gasteiger partial charge is 0.204 e. The molecule has 0 fully saturated rings. The molecule has 2 nitrogen and oxygen atoms in total. The normalized spacial score (nSPS) is 10.5. The lowest BCUT2D eigenvalue weighted by Crippen LogP contribution is -1.81. The molecule has 0 amide bonds. The summed E-state index contributed by atoms with van der Waals surface area (Å²) in [6.07, 6.45) is 0. The van der Waals surface area contributed by atoms with Gasteiger partial charge in [0, 0.05) is 10.8 Å². The van der Waals surface area contributed by atoms with E-state index in [4.69, 9.17) is 23.2 Å². The van der Waals surface area contributed by atoms with E-state index in [1.54, 1.807) is 11.8 Å². The lowest BCUT2D eigenvalue weighted by atomic mass is 10.2. The van der Waals surface area contributed by atoms with Gasteiger partial charge in [0.25, 0.3) is 0 Å². The Balaban J connectivity index is 1.96. The topological polar surface area (TPSA) is 25.8 Å². The van der Waals surface area contributed by atoms with Crippen LogP contribution in [0.5, 0.6) is 0 Å². The van der Waals surface area contributed by atoms with Crippen molar-refractivity contribution in [2.24, 2.45) is 0 Å². The van der Waals surface area contributed by atoms with E-state index in [0.717, 1.165) is 15.9 Å². The first-order valence-electron chi connectivity index (χ1n) is 4.10. The molecule has 1 aromatic carbocycles. The molecular weight excluding hydrogens is 271 g/mol. The van der Waals surface area contributed by atoms with Gasteiger partial charge >= 0.3 is 0 Å². The Hall–Kier alpha value is -0.290. The second kappa shape index (κ2) is 5.16. The maximum Gasteiger partial charge on any atom is 0.204 e. The highest BCUT2D eigenvalue weighted by Crippen LogP contribution is 2.23. The molecule has 2 aromatic rings. The van der Waals surface area contributed by atoms with E-state index in [9.17, 15) is 0 Å². The fourth-order valence-corrected chi connectivity index (χ4v) is 2.69. The third kappa shape index (κ3) is 3.34. The molecule has 0 aliphatic carbocycles. The van der Waals surface area contributed by atoms with Gasteiger partial charge in [-0.05, 0) is 40.8 Å². The summed E-state index contributed by atoms with van der Waals surface area (Å²) in [5, 5.41) is 1.47. The molecule has 0 aliphatic heterocycles. The summed E-state index contributed by atoms with van der Waals surface area (Å²) in [7, 11) is 0. The first-order chi connectivity index (χ1) is 7.24. The van der Waals surface area contributed by atoms with Crippen LogP contribution in [0.1, 0.15) is 5.56 Å². The van der Waals surface area contributed by atoms with Crippen molar-refractivity contribution in [2.75, 3.05) is 0 Å². The molecule has 0 saturated carbocycles. The highest BCUT2D eigenvalue weighted by atomic mass is 35.5. The molecule has 0 N–H and O–H groups in total. The summed E-state index contributed by atoms with van der Waals surface area (Å²) in [5.41, 5.74) is 1.19. The molecule has 1 heterocycles. The minimum absolute atomic E-state index is 0.480. The van der Waals surface area contributed by atoms with Crippen molar-refractivity contribution in [3.63, 3.8) is 0 Å². The predicted molar refractivity (Wildman–Crippen MR) is 65.9 cm³/mol. The van der Waals surface area contributed by atoms with Gasteiger partial charge in [-0.3, -0.25) is 0 Å². The number of hydrogen-bond acceptors (Lipinski definition) is 4. The molecule has 78 valence electrons. The van der Waals surface area contributed by atoms with Crippen LogP contribution in [-0.2, 0) is 5.75 Å². The van der Waals surface area contributed by atoms with Crippen LogP contribution < -0.4 is 0 Å². The third-order valence-electron chi connectivity index (χ3n) is 1.66. The van der Waals surface area contributed by atoms with Crippen LogP contribution in [0.25, 0.3) is 0 Å². The maximum atomic E-state index is 5.78. The lowest BCUT2D eigenvalue weighted by Gasteiger charge is -1.97. The van der Waals surface area contributed by atoms with E-state index in [1.165, 1.54) is 17.1 Å². The first-order valence-corrected chi connectivity index (χ1v) is 6.62. The molecular formula is C9H6Cl2N2S2. The summed E-state index contributed by atoms with van der Waals surface area (Å²) in [6.45, 7) is 0. The quantitative estimate of drug-likeness (QED) is 0.789. The summed E-state index contributed by atoms with van der Waals surface area (Å²) in [4.78, 5) is 4.05. The zero-order chi connectivity index (χ0) is 10.7. The van der Waals surface area contributed by atoms with E-state index < -0.39 is 0 Å². The third-order valence-corrected chi connectivity index (χ3v) is 3.75. The molecule has 0 aliphatic rings. The molecule has 0 saturated heterocycles. The molecule has 15 heavy (non-hydrogen) atoms. The summed E-state index contributed by atoms with van der Waals surface area (Å²) in [5.74, 6) is 0.824. The van der Waals surface area contributed by atoms with Crippen LogP contribution in [0.3, 0.4) is 0 Å². The molecule has 0 bridgehead atoms. The van der Waals surface area contributed by atoms with Crippen LogP contribution >= 0.6 is 46.5 Å². The highest BCUT2D eigenvalue weighted by molar-refractivity contribution is 7.98. The van der Waals surface area contributed by atoms with Crippen molar-refractivity contribution in [3.8, 4) is 0 Å². The second-order valence-electron chi connectivity index (χ2n) is 2.75. The smallest absolute Gasteiger partial charge is 0.198 e. The van der Waals surface area contributed by atoms with Crippen molar-refractivity contribution in [3.05, 3.63) is 39.3 Å². The SMILES string of the molecule is Clc1ccc(CSc2nsc(Cl)n2)cc1. The molecule has 6 heteroatoms. The van der Waals surface area contributed by atoms with Crippen molar-refractivity contribution >= 4 is 46.5 Å². The van der Waals surface area contributed by atoms with Crippen molar-refractivity contribution in [1.29, 1.82) is 0 Å². The van der Waals surface area contributed by atoms with Crippen LogP contribution in [0.15, 0.2) is 29.4 Å². The Bertz CT molecular complexity index is 442. The van der Waals surface area contributed by atoms with E-state index in [2.05, 4.69) is 9.36 Å². The van der Waals surface area contributed by atoms with Crippen molar-refractivity contribution in [2.45, 2.75) is 10.9 Å². The number of thioether (sulfide) groups is 1. The number of rotatable bonds is 3.